The van der Waals surface area contributed by atoms with Crippen LogP contribution in [0.5, 0.6) is 11.5 Å². The van der Waals surface area contributed by atoms with Crippen LogP contribution in [0.3, 0.4) is 0 Å². The molecule has 0 aliphatic rings. The van der Waals surface area contributed by atoms with Gasteiger partial charge in [-0.25, -0.2) is 0 Å². The van der Waals surface area contributed by atoms with Crippen molar-refractivity contribution < 1.29 is 9.47 Å². The van der Waals surface area contributed by atoms with Crippen molar-refractivity contribution in [3.8, 4) is 11.5 Å². The van der Waals surface area contributed by atoms with Crippen molar-refractivity contribution in [1.29, 1.82) is 0 Å². The summed E-state index contributed by atoms with van der Waals surface area (Å²) in [5, 5.41) is 0. The smallest absolute Gasteiger partial charge is 0.123 e. The Labute approximate surface area is 83.4 Å². The Hall–Kier alpha value is -0.890. The van der Waals surface area contributed by atoms with Gasteiger partial charge in [0.25, 0.3) is 0 Å². The van der Waals surface area contributed by atoms with E-state index in [2.05, 4.69) is 0 Å². The number of halogens is 1. The maximum atomic E-state index is 5.76. The van der Waals surface area contributed by atoms with Crippen molar-refractivity contribution in [2.75, 3.05) is 13.7 Å². The molecule has 2 nitrogen and oxygen atoms in total. The number of benzene rings is 1. The molecule has 1 aromatic rings. The summed E-state index contributed by atoms with van der Waals surface area (Å²) in [5.41, 5.74) is 0.961. The number of hydrogen-bond acceptors (Lipinski definition) is 2. The van der Waals surface area contributed by atoms with Gasteiger partial charge in [-0.05, 0) is 25.1 Å². The van der Waals surface area contributed by atoms with E-state index in [4.69, 9.17) is 21.1 Å². The first-order chi connectivity index (χ1) is 6.31. The average Bonchev–Trinajstić information content (AvgIpc) is 2.19. The van der Waals surface area contributed by atoms with Gasteiger partial charge in [0, 0.05) is 5.56 Å². The molecule has 72 valence electrons. The lowest BCUT2D eigenvalue weighted by Crippen LogP contribution is -1.95. The number of rotatable bonds is 4. The van der Waals surface area contributed by atoms with Gasteiger partial charge in [-0.15, -0.1) is 11.6 Å². The monoisotopic (exact) mass is 200 g/mol. The molecule has 0 N–H and O–H groups in total. The van der Waals surface area contributed by atoms with E-state index >= 15 is 0 Å². The van der Waals surface area contributed by atoms with E-state index in [1.54, 1.807) is 7.11 Å². The fourth-order valence-corrected chi connectivity index (χ4v) is 1.29. The van der Waals surface area contributed by atoms with Crippen molar-refractivity contribution in [3.05, 3.63) is 23.8 Å². The highest BCUT2D eigenvalue weighted by molar-refractivity contribution is 6.17. The van der Waals surface area contributed by atoms with Crippen LogP contribution in [-0.4, -0.2) is 13.7 Å². The van der Waals surface area contributed by atoms with Crippen molar-refractivity contribution in [2.45, 2.75) is 12.8 Å². The summed E-state index contributed by atoms with van der Waals surface area (Å²) in [6, 6.07) is 5.62. The second-order valence-corrected chi connectivity index (χ2v) is 2.81. The van der Waals surface area contributed by atoms with Gasteiger partial charge in [-0.1, -0.05) is 0 Å². The van der Waals surface area contributed by atoms with Gasteiger partial charge < -0.3 is 9.47 Å². The normalized spacial score (nSPS) is 9.77. The van der Waals surface area contributed by atoms with Crippen LogP contribution in [0.25, 0.3) is 0 Å². The topological polar surface area (TPSA) is 18.5 Å². The Balaban J connectivity index is 2.93. The van der Waals surface area contributed by atoms with Crippen molar-refractivity contribution >= 4 is 11.6 Å². The second kappa shape index (κ2) is 4.97. The summed E-state index contributed by atoms with van der Waals surface area (Å²) in [7, 11) is 1.63. The molecule has 0 heterocycles. The zero-order valence-corrected chi connectivity index (χ0v) is 8.60. The third-order valence-electron chi connectivity index (χ3n) is 1.71. The van der Waals surface area contributed by atoms with Gasteiger partial charge in [0.15, 0.2) is 0 Å². The molecule has 0 radical (unpaired) electrons. The number of alkyl halides is 1. The highest BCUT2D eigenvalue weighted by atomic mass is 35.5. The number of hydrogen-bond donors (Lipinski definition) is 0. The SMILES string of the molecule is CCOc1ccc(OC)cc1CCl. The first kappa shape index (κ1) is 10.2. The lowest BCUT2D eigenvalue weighted by molar-refractivity contribution is 0.336. The molecule has 0 aliphatic carbocycles. The maximum absolute atomic E-state index is 5.76. The van der Waals surface area contributed by atoms with E-state index in [1.807, 2.05) is 25.1 Å². The molecule has 0 aromatic heterocycles. The first-order valence-corrected chi connectivity index (χ1v) is 4.71. The molecular weight excluding hydrogens is 188 g/mol. The molecule has 1 rings (SSSR count). The molecule has 0 saturated carbocycles. The predicted octanol–water partition coefficient (Wildman–Crippen LogP) is 2.83. The first-order valence-electron chi connectivity index (χ1n) is 4.17. The van der Waals surface area contributed by atoms with Gasteiger partial charge in [0.2, 0.25) is 0 Å². The predicted molar refractivity (Wildman–Crippen MR) is 53.7 cm³/mol. The molecule has 0 bridgehead atoms. The molecule has 0 saturated heterocycles. The Bertz CT molecular complexity index is 274. The van der Waals surface area contributed by atoms with Crippen LogP contribution in [-0.2, 0) is 5.88 Å². The minimum absolute atomic E-state index is 0.437. The lowest BCUT2D eigenvalue weighted by atomic mass is 10.2. The molecular formula is C10H13ClO2. The van der Waals surface area contributed by atoms with Gasteiger partial charge in [0.1, 0.15) is 11.5 Å². The third kappa shape index (κ3) is 2.52. The van der Waals surface area contributed by atoms with E-state index in [0.717, 1.165) is 17.1 Å². The molecule has 0 fully saturated rings. The van der Waals surface area contributed by atoms with Crippen LogP contribution in [0, 0.1) is 0 Å². The van der Waals surface area contributed by atoms with Gasteiger partial charge >= 0.3 is 0 Å². The summed E-state index contributed by atoms with van der Waals surface area (Å²) in [6.45, 7) is 2.60. The number of ether oxygens (including phenoxy) is 2. The Morgan fingerprint density at radius 3 is 2.69 bits per heavy atom. The van der Waals surface area contributed by atoms with Crippen LogP contribution >= 0.6 is 11.6 Å². The fourth-order valence-electron chi connectivity index (χ4n) is 1.08. The van der Waals surface area contributed by atoms with E-state index in [1.165, 1.54) is 0 Å². The molecule has 0 aliphatic heterocycles. The molecule has 3 heteroatoms. The van der Waals surface area contributed by atoms with Crippen LogP contribution in [0.2, 0.25) is 0 Å². The molecule has 13 heavy (non-hydrogen) atoms. The van der Waals surface area contributed by atoms with Crippen molar-refractivity contribution in [2.24, 2.45) is 0 Å². The average molecular weight is 201 g/mol. The molecule has 0 amide bonds. The molecule has 0 unspecified atom stereocenters. The van der Waals surface area contributed by atoms with E-state index in [0.29, 0.717) is 12.5 Å². The standard InChI is InChI=1S/C10H13ClO2/c1-3-13-10-5-4-9(12-2)6-8(10)7-11/h4-6H,3,7H2,1-2H3. The van der Waals surface area contributed by atoms with E-state index in [-0.39, 0.29) is 0 Å². The quantitative estimate of drug-likeness (QED) is 0.696. The van der Waals surface area contributed by atoms with Gasteiger partial charge in [-0.3, -0.25) is 0 Å². The van der Waals surface area contributed by atoms with Crippen molar-refractivity contribution in [1.82, 2.24) is 0 Å². The van der Waals surface area contributed by atoms with Crippen LogP contribution in [0.4, 0.5) is 0 Å². The van der Waals surface area contributed by atoms with Crippen molar-refractivity contribution in [3.63, 3.8) is 0 Å². The summed E-state index contributed by atoms with van der Waals surface area (Å²) < 4.78 is 10.5. The molecule has 1 aromatic carbocycles. The lowest BCUT2D eigenvalue weighted by Gasteiger charge is -2.09. The molecule has 0 atom stereocenters. The number of methoxy groups -OCH3 is 1. The Morgan fingerprint density at radius 2 is 2.15 bits per heavy atom. The van der Waals surface area contributed by atoms with E-state index < -0.39 is 0 Å². The highest BCUT2D eigenvalue weighted by Gasteiger charge is 2.03. The maximum Gasteiger partial charge on any atom is 0.123 e. The zero-order valence-electron chi connectivity index (χ0n) is 7.84. The second-order valence-electron chi connectivity index (χ2n) is 2.54. The van der Waals surface area contributed by atoms with Crippen LogP contribution < -0.4 is 9.47 Å². The largest absolute Gasteiger partial charge is 0.497 e. The Kier molecular flexibility index (Phi) is 3.90. The minimum atomic E-state index is 0.437. The summed E-state index contributed by atoms with van der Waals surface area (Å²) in [4.78, 5) is 0. The zero-order chi connectivity index (χ0) is 9.68. The molecule has 0 spiro atoms. The summed E-state index contributed by atoms with van der Waals surface area (Å²) >= 11 is 5.76. The summed E-state index contributed by atoms with van der Waals surface area (Å²) in [5.74, 6) is 2.07. The van der Waals surface area contributed by atoms with E-state index in [9.17, 15) is 0 Å². The van der Waals surface area contributed by atoms with Crippen LogP contribution in [0.15, 0.2) is 18.2 Å². The highest BCUT2D eigenvalue weighted by Crippen LogP contribution is 2.25. The van der Waals surface area contributed by atoms with Gasteiger partial charge in [0.05, 0.1) is 19.6 Å². The van der Waals surface area contributed by atoms with Crippen LogP contribution in [0.1, 0.15) is 12.5 Å². The summed E-state index contributed by atoms with van der Waals surface area (Å²) in [6.07, 6.45) is 0. The van der Waals surface area contributed by atoms with Gasteiger partial charge in [-0.2, -0.15) is 0 Å². The minimum Gasteiger partial charge on any atom is -0.497 e. The third-order valence-corrected chi connectivity index (χ3v) is 2.00. The fraction of sp³-hybridized carbons (Fsp3) is 0.400. The Morgan fingerprint density at radius 1 is 1.38 bits per heavy atom.